The van der Waals surface area contributed by atoms with Crippen molar-refractivity contribution in [3.05, 3.63) is 59.7 Å². The Morgan fingerprint density at radius 2 is 1.88 bits per heavy atom. The van der Waals surface area contributed by atoms with Crippen molar-refractivity contribution in [1.82, 2.24) is 4.90 Å². The monoisotopic (exact) mass is 363 g/mol. The number of carbonyl (C=O) groups is 1. The molecule has 1 aliphatic rings. The van der Waals surface area contributed by atoms with Crippen LogP contribution >= 0.6 is 0 Å². The van der Waals surface area contributed by atoms with Crippen LogP contribution in [0.4, 0.5) is 8.78 Å². The average molecular weight is 363 g/mol. The summed E-state index contributed by atoms with van der Waals surface area (Å²) in [5, 5.41) is 10.3. The Kier molecular flexibility index (Phi) is 5.37. The quantitative estimate of drug-likeness (QED) is 0.907. The number of hydrogen-bond donors (Lipinski definition) is 1. The number of rotatable bonds is 4. The average Bonchev–Trinajstić information content (AvgIpc) is 2.62. The summed E-state index contributed by atoms with van der Waals surface area (Å²) >= 11 is 0. The van der Waals surface area contributed by atoms with Gasteiger partial charge in [0, 0.05) is 36.7 Å². The van der Waals surface area contributed by atoms with Gasteiger partial charge in [0.1, 0.15) is 35.3 Å². The molecular formula is C19H19F2NO4. The zero-order chi connectivity index (χ0) is 18.7. The van der Waals surface area contributed by atoms with E-state index < -0.39 is 23.8 Å². The lowest BCUT2D eigenvalue weighted by molar-refractivity contribution is -0.0200. The predicted molar refractivity (Wildman–Crippen MR) is 90.3 cm³/mol. The molecule has 0 unspecified atom stereocenters. The van der Waals surface area contributed by atoms with Gasteiger partial charge in [-0.3, -0.25) is 4.79 Å². The van der Waals surface area contributed by atoms with E-state index in [0.29, 0.717) is 24.3 Å². The molecule has 0 bridgehead atoms. The van der Waals surface area contributed by atoms with Crippen LogP contribution in [0.5, 0.6) is 11.5 Å². The molecule has 138 valence electrons. The number of nitrogens with zero attached hydrogens (tertiary/aromatic N) is 1. The minimum Gasteiger partial charge on any atom is -0.497 e. The Hall–Kier alpha value is -2.67. The largest absolute Gasteiger partial charge is 0.497 e. The third-order valence-corrected chi connectivity index (χ3v) is 4.25. The molecule has 1 N–H and O–H groups in total. The molecular weight excluding hydrogens is 344 g/mol. The van der Waals surface area contributed by atoms with E-state index in [1.54, 1.807) is 24.3 Å². The summed E-state index contributed by atoms with van der Waals surface area (Å²) in [5.41, 5.74) is 0.461. The Morgan fingerprint density at radius 3 is 2.54 bits per heavy atom. The lowest BCUT2D eigenvalue weighted by Gasteiger charge is -2.36. The molecule has 2 atom stereocenters. The van der Waals surface area contributed by atoms with E-state index in [-0.39, 0.29) is 18.2 Å². The van der Waals surface area contributed by atoms with Crippen LogP contribution in [0.15, 0.2) is 42.5 Å². The molecule has 7 heteroatoms. The van der Waals surface area contributed by atoms with Crippen LogP contribution in [-0.4, -0.2) is 48.3 Å². The van der Waals surface area contributed by atoms with Gasteiger partial charge in [0.25, 0.3) is 5.91 Å². The zero-order valence-electron chi connectivity index (χ0n) is 14.2. The molecule has 2 aromatic carbocycles. The van der Waals surface area contributed by atoms with Crippen LogP contribution in [0.1, 0.15) is 16.8 Å². The van der Waals surface area contributed by atoms with Crippen molar-refractivity contribution in [3.8, 4) is 11.5 Å². The second-order valence-corrected chi connectivity index (χ2v) is 6.10. The lowest BCUT2D eigenvalue weighted by atomic mass is 10.0. The van der Waals surface area contributed by atoms with Crippen molar-refractivity contribution in [2.24, 2.45) is 0 Å². The van der Waals surface area contributed by atoms with Crippen molar-refractivity contribution >= 4 is 5.91 Å². The van der Waals surface area contributed by atoms with E-state index >= 15 is 0 Å². The molecule has 2 aromatic rings. The Morgan fingerprint density at radius 1 is 1.15 bits per heavy atom. The van der Waals surface area contributed by atoms with E-state index in [4.69, 9.17) is 9.47 Å². The Bertz CT molecular complexity index is 779. The highest BCUT2D eigenvalue weighted by atomic mass is 19.1. The van der Waals surface area contributed by atoms with Crippen LogP contribution in [0, 0.1) is 11.6 Å². The van der Waals surface area contributed by atoms with E-state index in [2.05, 4.69) is 0 Å². The van der Waals surface area contributed by atoms with Crippen molar-refractivity contribution in [2.45, 2.75) is 18.6 Å². The number of ether oxygens (including phenoxy) is 2. The molecule has 0 aromatic heterocycles. The predicted octanol–water partition coefficient (Wildman–Crippen LogP) is 2.63. The molecule has 1 fully saturated rings. The first-order valence-corrected chi connectivity index (χ1v) is 8.20. The molecule has 1 amide bonds. The number of methoxy groups -OCH3 is 1. The zero-order valence-corrected chi connectivity index (χ0v) is 14.2. The number of carbonyl (C=O) groups excluding carboxylic acids is 1. The molecule has 0 saturated carbocycles. The first kappa shape index (κ1) is 18.1. The molecule has 0 aliphatic carbocycles. The highest BCUT2D eigenvalue weighted by molar-refractivity contribution is 5.94. The summed E-state index contributed by atoms with van der Waals surface area (Å²) in [4.78, 5) is 14.1. The standard InChI is InChI=1S/C19H19F2NO4/c1-25-15-4-2-3-12(7-15)19(24)22-6-5-18(17(23)11-22)26-16-9-13(20)8-14(21)10-16/h2-4,7-10,17-18,23H,5-6,11H2,1H3/t17-,18-/m1/s1. The maximum absolute atomic E-state index is 13.3. The van der Waals surface area contributed by atoms with Crippen LogP contribution in [0.3, 0.4) is 0 Å². The number of amides is 1. The highest BCUT2D eigenvalue weighted by Crippen LogP contribution is 2.23. The fourth-order valence-electron chi connectivity index (χ4n) is 2.94. The van der Waals surface area contributed by atoms with Gasteiger partial charge in [0.2, 0.25) is 0 Å². The van der Waals surface area contributed by atoms with E-state index in [0.717, 1.165) is 18.2 Å². The van der Waals surface area contributed by atoms with Crippen molar-refractivity contribution < 1.29 is 28.2 Å². The molecule has 1 saturated heterocycles. The summed E-state index contributed by atoms with van der Waals surface area (Å²) in [6, 6.07) is 9.63. The number of piperidine rings is 1. The van der Waals surface area contributed by atoms with Gasteiger partial charge >= 0.3 is 0 Å². The maximum atomic E-state index is 13.3. The molecule has 1 aliphatic heterocycles. The fourth-order valence-corrected chi connectivity index (χ4v) is 2.94. The summed E-state index contributed by atoms with van der Waals surface area (Å²) in [6.45, 7) is 0.425. The number of benzene rings is 2. The van der Waals surface area contributed by atoms with Gasteiger partial charge in [-0.1, -0.05) is 6.07 Å². The van der Waals surface area contributed by atoms with Gasteiger partial charge in [-0.25, -0.2) is 8.78 Å². The molecule has 1 heterocycles. The number of β-amino-alcohol motifs (C(OH)–C–C–N with tert-alkyl or cyclic N) is 1. The minimum atomic E-state index is -0.968. The first-order chi connectivity index (χ1) is 12.5. The number of aliphatic hydroxyl groups excluding tert-OH is 1. The van der Waals surface area contributed by atoms with Crippen LogP contribution in [-0.2, 0) is 0 Å². The number of halogens is 2. The summed E-state index contributed by atoms with van der Waals surface area (Å²) < 4.78 is 37.1. The molecule has 0 spiro atoms. The molecule has 3 rings (SSSR count). The molecule has 5 nitrogen and oxygen atoms in total. The van der Waals surface area contributed by atoms with Gasteiger partial charge in [-0.2, -0.15) is 0 Å². The van der Waals surface area contributed by atoms with Crippen molar-refractivity contribution in [2.75, 3.05) is 20.2 Å². The lowest BCUT2D eigenvalue weighted by Crippen LogP contribution is -2.51. The van der Waals surface area contributed by atoms with Gasteiger partial charge in [0.05, 0.1) is 13.7 Å². The normalized spacial score (nSPS) is 19.9. The third-order valence-electron chi connectivity index (χ3n) is 4.25. The van der Waals surface area contributed by atoms with Crippen LogP contribution < -0.4 is 9.47 Å². The van der Waals surface area contributed by atoms with E-state index in [1.807, 2.05) is 0 Å². The van der Waals surface area contributed by atoms with Crippen molar-refractivity contribution in [3.63, 3.8) is 0 Å². The van der Waals surface area contributed by atoms with Gasteiger partial charge in [-0.05, 0) is 18.2 Å². The number of hydrogen-bond acceptors (Lipinski definition) is 4. The van der Waals surface area contributed by atoms with E-state index in [1.165, 1.54) is 12.0 Å². The third kappa shape index (κ3) is 4.11. The Labute approximate surface area is 149 Å². The number of aliphatic hydroxyl groups is 1. The summed E-state index contributed by atoms with van der Waals surface area (Å²) in [6.07, 6.45) is -1.27. The highest BCUT2D eigenvalue weighted by Gasteiger charge is 2.32. The summed E-state index contributed by atoms with van der Waals surface area (Å²) in [7, 11) is 1.52. The topological polar surface area (TPSA) is 59.0 Å². The second kappa shape index (κ2) is 7.70. The first-order valence-electron chi connectivity index (χ1n) is 8.20. The number of likely N-dealkylation sites (tertiary alicyclic amines) is 1. The van der Waals surface area contributed by atoms with Gasteiger partial charge in [0.15, 0.2) is 0 Å². The SMILES string of the molecule is COc1cccc(C(=O)N2CC[C@@H](Oc3cc(F)cc(F)c3)[C@H](O)C2)c1. The second-order valence-electron chi connectivity index (χ2n) is 6.10. The summed E-state index contributed by atoms with van der Waals surface area (Å²) in [5.74, 6) is -1.14. The van der Waals surface area contributed by atoms with Crippen LogP contribution in [0.2, 0.25) is 0 Å². The smallest absolute Gasteiger partial charge is 0.254 e. The fraction of sp³-hybridized carbons (Fsp3) is 0.316. The van der Waals surface area contributed by atoms with Gasteiger partial charge < -0.3 is 19.5 Å². The molecule has 26 heavy (non-hydrogen) atoms. The molecule has 0 radical (unpaired) electrons. The van der Waals surface area contributed by atoms with E-state index in [9.17, 15) is 18.7 Å². The van der Waals surface area contributed by atoms with Crippen molar-refractivity contribution in [1.29, 1.82) is 0 Å². The maximum Gasteiger partial charge on any atom is 0.254 e. The minimum absolute atomic E-state index is 0.0131. The Balaban J connectivity index is 1.65. The van der Waals surface area contributed by atoms with Gasteiger partial charge in [-0.15, -0.1) is 0 Å². The van der Waals surface area contributed by atoms with Crippen LogP contribution in [0.25, 0.3) is 0 Å².